The van der Waals surface area contributed by atoms with E-state index in [2.05, 4.69) is 10.3 Å². The molecular formula is C14H17N3O2. The Kier molecular flexibility index (Phi) is 3.13. The zero-order chi connectivity index (χ0) is 13.2. The highest BCUT2D eigenvalue weighted by atomic mass is 16.5. The van der Waals surface area contributed by atoms with Crippen molar-refractivity contribution in [3.05, 3.63) is 30.0 Å². The standard InChI is InChI=1S/C14H17N3O2/c15-10-1-2-13-11(5-10)12(7-16-13)14(18)17-6-9-3-4-19-8-9/h1-2,5,7,9,16H,3-4,6,8,15H2,(H,17,18). The summed E-state index contributed by atoms with van der Waals surface area (Å²) >= 11 is 0. The number of hydrogen-bond donors (Lipinski definition) is 3. The van der Waals surface area contributed by atoms with Crippen LogP contribution >= 0.6 is 0 Å². The molecule has 1 fully saturated rings. The van der Waals surface area contributed by atoms with Crippen molar-refractivity contribution in [2.75, 3.05) is 25.5 Å². The van der Waals surface area contributed by atoms with Gasteiger partial charge in [-0.3, -0.25) is 4.79 Å². The number of hydrogen-bond acceptors (Lipinski definition) is 3. The van der Waals surface area contributed by atoms with Crippen LogP contribution in [0.25, 0.3) is 10.9 Å². The number of amides is 1. The van der Waals surface area contributed by atoms with E-state index in [0.717, 1.165) is 30.5 Å². The maximum absolute atomic E-state index is 12.2. The molecule has 1 aromatic heterocycles. The third-order valence-electron chi connectivity index (χ3n) is 3.53. The molecule has 19 heavy (non-hydrogen) atoms. The summed E-state index contributed by atoms with van der Waals surface area (Å²) in [5, 5.41) is 3.82. The number of carbonyl (C=O) groups excluding carboxylic acids is 1. The van der Waals surface area contributed by atoms with Gasteiger partial charge in [-0.2, -0.15) is 0 Å². The number of benzene rings is 1. The predicted octanol–water partition coefficient (Wildman–Crippen LogP) is 1.52. The lowest BCUT2D eigenvalue weighted by atomic mass is 10.1. The van der Waals surface area contributed by atoms with Crippen LogP contribution in [0.5, 0.6) is 0 Å². The van der Waals surface area contributed by atoms with Crippen LogP contribution < -0.4 is 11.1 Å². The number of nitrogens with two attached hydrogens (primary N) is 1. The Morgan fingerprint density at radius 3 is 3.21 bits per heavy atom. The molecular weight excluding hydrogens is 242 g/mol. The Hall–Kier alpha value is -2.01. The highest BCUT2D eigenvalue weighted by Gasteiger charge is 2.18. The summed E-state index contributed by atoms with van der Waals surface area (Å²) in [6.07, 6.45) is 2.74. The summed E-state index contributed by atoms with van der Waals surface area (Å²) in [4.78, 5) is 15.3. The Balaban J connectivity index is 1.75. The van der Waals surface area contributed by atoms with Gasteiger partial charge in [-0.1, -0.05) is 0 Å². The molecule has 4 N–H and O–H groups in total. The van der Waals surface area contributed by atoms with Gasteiger partial charge in [0.05, 0.1) is 12.2 Å². The van der Waals surface area contributed by atoms with E-state index in [1.54, 1.807) is 6.20 Å². The molecule has 1 aromatic carbocycles. The fourth-order valence-corrected chi connectivity index (χ4v) is 2.40. The number of carbonyl (C=O) groups is 1. The third kappa shape index (κ3) is 2.42. The second-order valence-electron chi connectivity index (χ2n) is 4.95. The van der Waals surface area contributed by atoms with Crippen LogP contribution in [0.3, 0.4) is 0 Å². The molecule has 1 aliphatic heterocycles. The average molecular weight is 259 g/mol. The number of anilines is 1. The number of fused-ring (bicyclic) bond motifs is 1. The number of rotatable bonds is 3. The monoisotopic (exact) mass is 259 g/mol. The minimum atomic E-state index is -0.0660. The number of aromatic amines is 1. The first kappa shape index (κ1) is 12.0. The molecule has 0 radical (unpaired) electrons. The SMILES string of the molecule is Nc1ccc2[nH]cc(C(=O)NCC3CCOC3)c2c1. The van der Waals surface area contributed by atoms with E-state index in [4.69, 9.17) is 10.5 Å². The Morgan fingerprint density at radius 2 is 2.42 bits per heavy atom. The van der Waals surface area contributed by atoms with Crippen LogP contribution in [-0.2, 0) is 4.74 Å². The Bertz CT molecular complexity index is 600. The zero-order valence-corrected chi connectivity index (χ0v) is 10.6. The van der Waals surface area contributed by atoms with Crippen molar-refractivity contribution in [3.8, 4) is 0 Å². The second kappa shape index (κ2) is 4.93. The van der Waals surface area contributed by atoms with Crippen molar-refractivity contribution < 1.29 is 9.53 Å². The van der Waals surface area contributed by atoms with Crippen molar-refractivity contribution in [2.45, 2.75) is 6.42 Å². The average Bonchev–Trinajstić information content (AvgIpc) is 3.04. The van der Waals surface area contributed by atoms with Crippen LogP contribution in [0.2, 0.25) is 0 Å². The summed E-state index contributed by atoms with van der Waals surface area (Å²) in [7, 11) is 0. The van der Waals surface area contributed by atoms with Gasteiger partial charge >= 0.3 is 0 Å². The minimum absolute atomic E-state index is 0.0660. The lowest BCUT2D eigenvalue weighted by Gasteiger charge is -2.08. The normalized spacial score (nSPS) is 18.8. The van der Waals surface area contributed by atoms with E-state index in [9.17, 15) is 4.79 Å². The van der Waals surface area contributed by atoms with E-state index in [-0.39, 0.29) is 5.91 Å². The number of ether oxygens (including phenoxy) is 1. The molecule has 5 nitrogen and oxygen atoms in total. The first-order chi connectivity index (χ1) is 9.24. The summed E-state index contributed by atoms with van der Waals surface area (Å²) in [6.45, 7) is 2.19. The first-order valence-electron chi connectivity index (χ1n) is 6.46. The minimum Gasteiger partial charge on any atom is -0.399 e. The molecule has 5 heteroatoms. The van der Waals surface area contributed by atoms with Gasteiger partial charge in [0.2, 0.25) is 0 Å². The van der Waals surface area contributed by atoms with Crippen molar-refractivity contribution in [2.24, 2.45) is 5.92 Å². The van der Waals surface area contributed by atoms with Crippen molar-refractivity contribution in [1.82, 2.24) is 10.3 Å². The van der Waals surface area contributed by atoms with Crippen LogP contribution in [0.1, 0.15) is 16.8 Å². The highest BCUT2D eigenvalue weighted by Crippen LogP contribution is 2.21. The molecule has 0 spiro atoms. The molecule has 100 valence electrons. The van der Waals surface area contributed by atoms with E-state index >= 15 is 0 Å². The molecule has 1 aliphatic rings. The van der Waals surface area contributed by atoms with Gasteiger partial charge in [-0.15, -0.1) is 0 Å². The van der Waals surface area contributed by atoms with Crippen molar-refractivity contribution in [1.29, 1.82) is 0 Å². The molecule has 1 amide bonds. The van der Waals surface area contributed by atoms with E-state index in [1.165, 1.54) is 0 Å². The second-order valence-corrected chi connectivity index (χ2v) is 4.95. The summed E-state index contributed by atoms with van der Waals surface area (Å²) in [5.41, 5.74) is 7.98. The van der Waals surface area contributed by atoms with Crippen LogP contribution in [0, 0.1) is 5.92 Å². The number of nitrogen functional groups attached to an aromatic ring is 1. The maximum atomic E-state index is 12.2. The fraction of sp³-hybridized carbons (Fsp3) is 0.357. The van der Waals surface area contributed by atoms with Gasteiger partial charge in [-0.05, 0) is 24.6 Å². The Labute approximate surface area is 111 Å². The third-order valence-corrected chi connectivity index (χ3v) is 3.53. The van der Waals surface area contributed by atoms with E-state index in [0.29, 0.717) is 23.7 Å². The lowest BCUT2D eigenvalue weighted by Crippen LogP contribution is -2.29. The fourth-order valence-electron chi connectivity index (χ4n) is 2.40. The molecule has 0 saturated carbocycles. The topological polar surface area (TPSA) is 80.1 Å². The highest BCUT2D eigenvalue weighted by molar-refractivity contribution is 6.07. The Morgan fingerprint density at radius 1 is 1.53 bits per heavy atom. The molecule has 2 heterocycles. The zero-order valence-electron chi connectivity index (χ0n) is 10.6. The molecule has 0 aliphatic carbocycles. The van der Waals surface area contributed by atoms with Gasteiger partial charge in [0, 0.05) is 41.9 Å². The van der Waals surface area contributed by atoms with Crippen LogP contribution in [0.4, 0.5) is 5.69 Å². The number of aromatic nitrogens is 1. The van der Waals surface area contributed by atoms with Gasteiger partial charge in [0.25, 0.3) is 5.91 Å². The molecule has 0 bridgehead atoms. The molecule has 1 saturated heterocycles. The summed E-state index contributed by atoms with van der Waals surface area (Å²) in [6, 6.07) is 5.52. The smallest absolute Gasteiger partial charge is 0.253 e. The largest absolute Gasteiger partial charge is 0.399 e. The first-order valence-corrected chi connectivity index (χ1v) is 6.46. The van der Waals surface area contributed by atoms with Gasteiger partial charge in [0.15, 0.2) is 0 Å². The maximum Gasteiger partial charge on any atom is 0.253 e. The van der Waals surface area contributed by atoms with E-state index < -0.39 is 0 Å². The quantitative estimate of drug-likeness (QED) is 0.731. The number of H-pyrrole nitrogens is 1. The predicted molar refractivity (Wildman–Crippen MR) is 74.0 cm³/mol. The molecule has 2 aromatic rings. The van der Waals surface area contributed by atoms with Gasteiger partial charge < -0.3 is 20.8 Å². The van der Waals surface area contributed by atoms with Crippen molar-refractivity contribution in [3.63, 3.8) is 0 Å². The number of nitrogens with one attached hydrogen (secondary N) is 2. The van der Waals surface area contributed by atoms with Crippen molar-refractivity contribution >= 4 is 22.5 Å². The lowest BCUT2D eigenvalue weighted by molar-refractivity contribution is 0.0946. The van der Waals surface area contributed by atoms with Crippen LogP contribution in [0.15, 0.2) is 24.4 Å². The summed E-state index contributed by atoms with van der Waals surface area (Å²) in [5.74, 6) is 0.364. The van der Waals surface area contributed by atoms with Crippen LogP contribution in [-0.4, -0.2) is 30.6 Å². The van der Waals surface area contributed by atoms with E-state index in [1.807, 2.05) is 18.2 Å². The molecule has 1 atom stereocenters. The molecule has 3 rings (SSSR count). The summed E-state index contributed by atoms with van der Waals surface area (Å²) < 4.78 is 5.29. The van der Waals surface area contributed by atoms with Gasteiger partial charge in [-0.25, -0.2) is 0 Å². The van der Waals surface area contributed by atoms with Gasteiger partial charge in [0.1, 0.15) is 0 Å². The molecule has 1 unspecified atom stereocenters.